The van der Waals surface area contributed by atoms with Crippen LogP contribution in [0.4, 0.5) is 17.3 Å². The Balaban J connectivity index is 1.61. The Kier molecular flexibility index (Phi) is 5.89. The van der Waals surface area contributed by atoms with Crippen molar-refractivity contribution in [1.29, 1.82) is 0 Å². The summed E-state index contributed by atoms with van der Waals surface area (Å²) in [6, 6.07) is 15.2. The predicted molar refractivity (Wildman–Crippen MR) is 111 cm³/mol. The van der Waals surface area contributed by atoms with Gasteiger partial charge in [0.15, 0.2) is 6.61 Å². The van der Waals surface area contributed by atoms with Crippen molar-refractivity contribution in [2.45, 2.75) is 27.7 Å². The van der Waals surface area contributed by atoms with E-state index >= 15 is 0 Å². The molecule has 2 N–H and O–H groups in total. The number of hydrogen-bond donors (Lipinski definition) is 2. The summed E-state index contributed by atoms with van der Waals surface area (Å²) in [6.45, 7) is 7.79. The molecule has 0 aliphatic heterocycles. The highest BCUT2D eigenvalue weighted by Gasteiger charge is 2.06. The molecule has 3 rings (SSSR count). The maximum absolute atomic E-state index is 12.2. The van der Waals surface area contributed by atoms with Crippen LogP contribution in [0.3, 0.4) is 0 Å². The van der Waals surface area contributed by atoms with Gasteiger partial charge >= 0.3 is 0 Å². The van der Waals surface area contributed by atoms with Gasteiger partial charge in [-0.1, -0.05) is 12.1 Å². The number of nitrogens with zero attached hydrogens (tertiary/aromatic N) is 2. The summed E-state index contributed by atoms with van der Waals surface area (Å²) in [5.41, 5.74) is 5.44. The molecule has 2 aromatic carbocycles. The Morgan fingerprint density at radius 1 is 0.893 bits per heavy atom. The molecule has 3 aromatic rings. The predicted octanol–water partition coefficient (Wildman–Crippen LogP) is 4.47. The molecule has 0 atom stereocenters. The number of aryl methyl sites for hydroxylation is 4. The van der Waals surface area contributed by atoms with Gasteiger partial charge in [-0.25, -0.2) is 9.97 Å². The quantitative estimate of drug-likeness (QED) is 0.664. The van der Waals surface area contributed by atoms with Crippen molar-refractivity contribution < 1.29 is 9.53 Å². The lowest BCUT2D eigenvalue weighted by Crippen LogP contribution is -2.20. The van der Waals surface area contributed by atoms with Gasteiger partial charge in [-0.3, -0.25) is 4.79 Å². The lowest BCUT2D eigenvalue weighted by molar-refractivity contribution is -0.118. The molecule has 0 saturated carbocycles. The lowest BCUT2D eigenvalue weighted by Gasteiger charge is -2.11. The van der Waals surface area contributed by atoms with E-state index in [1.54, 1.807) is 0 Å². The van der Waals surface area contributed by atoms with Crippen LogP contribution in [-0.2, 0) is 4.79 Å². The van der Waals surface area contributed by atoms with Crippen LogP contribution in [0.5, 0.6) is 5.75 Å². The molecule has 6 nitrogen and oxygen atoms in total. The first kappa shape index (κ1) is 19.4. The highest BCUT2D eigenvalue weighted by molar-refractivity contribution is 5.92. The van der Waals surface area contributed by atoms with Crippen molar-refractivity contribution in [3.05, 3.63) is 71.0 Å². The minimum atomic E-state index is -0.223. The third kappa shape index (κ3) is 5.54. The van der Waals surface area contributed by atoms with Gasteiger partial charge in [-0.05, 0) is 75.2 Å². The minimum Gasteiger partial charge on any atom is -0.484 e. The van der Waals surface area contributed by atoms with E-state index in [-0.39, 0.29) is 12.5 Å². The van der Waals surface area contributed by atoms with Gasteiger partial charge in [0, 0.05) is 22.8 Å². The average molecular weight is 376 g/mol. The van der Waals surface area contributed by atoms with Crippen molar-refractivity contribution in [2.75, 3.05) is 17.2 Å². The monoisotopic (exact) mass is 376 g/mol. The molecule has 1 heterocycles. The summed E-state index contributed by atoms with van der Waals surface area (Å²) in [7, 11) is 0. The van der Waals surface area contributed by atoms with E-state index < -0.39 is 0 Å². The second-order valence-electron chi connectivity index (χ2n) is 6.84. The smallest absolute Gasteiger partial charge is 0.262 e. The van der Waals surface area contributed by atoms with Crippen LogP contribution in [0.25, 0.3) is 0 Å². The zero-order valence-electron chi connectivity index (χ0n) is 16.5. The van der Waals surface area contributed by atoms with Crippen molar-refractivity contribution >= 4 is 23.2 Å². The average Bonchev–Trinajstić information content (AvgIpc) is 2.58. The van der Waals surface area contributed by atoms with E-state index in [0.29, 0.717) is 17.4 Å². The van der Waals surface area contributed by atoms with Crippen molar-refractivity contribution in [1.82, 2.24) is 9.97 Å². The molecule has 0 saturated heterocycles. The Hall–Kier alpha value is -3.41. The molecule has 0 aliphatic rings. The zero-order valence-corrected chi connectivity index (χ0v) is 16.5. The number of ether oxygens (including phenoxy) is 1. The fraction of sp³-hybridized carbons (Fsp3) is 0.227. The molecular formula is C22H24N4O2. The van der Waals surface area contributed by atoms with Crippen LogP contribution < -0.4 is 15.4 Å². The summed E-state index contributed by atoms with van der Waals surface area (Å²) in [4.78, 5) is 21.0. The molecule has 0 fully saturated rings. The maximum atomic E-state index is 12.2. The number of nitrogens with one attached hydrogen (secondary N) is 2. The number of amides is 1. The molecule has 0 aliphatic carbocycles. The second kappa shape index (κ2) is 8.52. The van der Waals surface area contributed by atoms with Gasteiger partial charge in [0.25, 0.3) is 5.91 Å². The second-order valence-corrected chi connectivity index (χ2v) is 6.84. The Labute approximate surface area is 165 Å². The van der Waals surface area contributed by atoms with Gasteiger partial charge in [0.05, 0.1) is 0 Å². The molecule has 1 aromatic heterocycles. The fourth-order valence-electron chi connectivity index (χ4n) is 2.95. The molecule has 28 heavy (non-hydrogen) atoms. The number of carbonyl (C=O) groups excluding carboxylic acids is 1. The van der Waals surface area contributed by atoms with E-state index in [1.807, 2.05) is 70.2 Å². The summed E-state index contributed by atoms with van der Waals surface area (Å²) < 4.78 is 5.61. The molecule has 0 bridgehead atoms. The number of benzene rings is 2. The van der Waals surface area contributed by atoms with E-state index in [1.165, 1.54) is 0 Å². The first-order valence-corrected chi connectivity index (χ1v) is 9.08. The van der Waals surface area contributed by atoms with Crippen molar-refractivity contribution in [3.8, 4) is 5.75 Å². The highest BCUT2D eigenvalue weighted by atomic mass is 16.5. The third-order valence-electron chi connectivity index (χ3n) is 3.95. The number of aromatic nitrogens is 2. The highest BCUT2D eigenvalue weighted by Crippen LogP contribution is 2.19. The van der Waals surface area contributed by atoms with Crippen LogP contribution in [0, 0.1) is 27.7 Å². The van der Waals surface area contributed by atoms with E-state index in [4.69, 9.17) is 4.74 Å². The number of carbonyl (C=O) groups is 1. The lowest BCUT2D eigenvalue weighted by atomic mass is 10.1. The molecule has 0 radical (unpaired) electrons. The molecular weight excluding hydrogens is 352 g/mol. The van der Waals surface area contributed by atoms with Crippen molar-refractivity contribution in [3.63, 3.8) is 0 Å². The third-order valence-corrected chi connectivity index (χ3v) is 3.95. The fourth-order valence-corrected chi connectivity index (χ4v) is 2.95. The first-order chi connectivity index (χ1) is 13.4. The standard InChI is InChI=1S/C22H24N4O2/c1-14-8-15(2)10-20(9-14)28-13-21(27)25-18-6-5-7-19(12-18)26-22-23-16(3)11-17(4)24-22/h5-12H,13H2,1-4H3,(H,25,27)(H,23,24,26). The first-order valence-electron chi connectivity index (χ1n) is 9.08. The van der Waals surface area contributed by atoms with Gasteiger partial charge in [-0.2, -0.15) is 0 Å². The van der Waals surface area contributed by atoms with Gasteiger partial charge in [0.1, 0.15) is 5.75 Å². The molecule has 6 heteroatoms. The summed E-state index contributed by atoms with van der Waals surface area (Å²) in [6.07, 6.45) is 0. The van der Waals surface area contributed by atoms with Gasteiger partial charge in [-0.15, -0.1) is 0 Å². The minimum absolute atomic E-state index is 0.0548. The molecule has 144 valence electrons. The number of anilines is 3. The maximum Gasteiger partial charge on any atom is 0.262 e. The summed E-state index contributed by atoms with van der Waals surface area (Å²) in [5, 5.41) is 6.01. The van der Waals surface area contributed by atoms with Crippen LogP contribution in [0.1, 0.15) is 22.5 Å². The topological polar surface area (TPSA) is 76.1 Å². The van der Waals surface area contributed by atoms with Crippen molar-refractivity contribution in [2.24, 2.45) is 0 Å². The number of hydrogen-bond acceptors (Lipinski definition) is 5. The largest absolute Gasteiger partial charge is 0.484 e. The summed E-state index contributed by atoms with van der Waals surface area (Å²) >= 11 is 0. The van der Waals surface area contributed by atoms with E-state index in [2.05, 4.69) is 26.7 Å². The van der Waals surface area contributed by atoms with Crippen LogP contribution >= 0.6 is 0 Å². The Morgan fingerprint density at radius 3 is 2.21 bits per heavy atom. The number of rotatable bonds is 6. The van der Waals surface area contributed by atoms with Crippen LogP contribution in [0.15, 0.2) is 48.5 Å². The molecule has 1 amide bonds. The van der Waals surface area contributed by atoms with Gasteiger partial charge in [0.2, 0.25) is 5.95 Å². The molecule has 0 unspecified atom stereocenters. The Morgan fingerprint density at radius 2 is 1.54 bits per heavy atom. The van der Waals surface area contributed by atoms with Crippen LogP contribution in [0.2, 0.25) is 0 Å². The molecule has 0 spiro atoms. The zero-order chi connectivity index (χ0) is 20.1. The Bertz CT molecular complexity index is 961. The van der Waals surface area contributed by atoms with E-state index in [0.717, 1.165) is 28.2 Å². The van der Waals surface area contributed by atoms with Gasteiger partial charge < -0.3 is 15.4 Å². The SMILES string of the molecule is Cc1cc(C)cc(OCC(=O)Nc2cccc(Nc3nc(C)cc(C)n3)c2)c1. The normalized spacial score (nSPS) is 10.4. The van der Waals surface area contributed by atoms with Crippen LogP contribution in [-0.4, -0.2) is 22.5 Å². The summed E-state index contributed by atoms with van der Waals surface area (Å²) in [5.74, 6) is 0.994. The van der Waals surface area contributed by atoms with E-state index in [9.17, 15) is 4.79 Å².